The summed E-state index contributed by atoms with van der Waals surface area (Å²) in [6.45, 7) is 2.02. The van der Waals surface area contributed by atoms with Crippen LogP contribution in [-0.4, -0.2) is 14.8 Å². The van der Waals surface area contributed by atoms with Gasteiger partial charge in [-0.05, 0) is 55.6 Å². The lowest BCUT2D eigenvalue weighted by molar-refractivity contribution is 0.878. The molecule has 0 aliphatic heterocycles. The zero-order valence-corrected chi connectivity index (χ0v) is 12.3. The minimum atomic E-state index is 0.365. The molecule has 0 aliphatic carbocycles. The normalized spacial score (nSPS) is 10.8. The molecule has 0 N–H and O–H groups in total. The van der Waals surface area contributed by atoms with E-state index in [9.17, 15) is 0 Å². The van der Waals surface area contributed by atoms with Gasteiger partial charge in [0.05, 0.1) is 5.69 Å². The van der Waals surface area contributed by atoms with Crippen LogP contribution in [0.3, 0.4) is 0 Å². The number of para-hydroxylation sites is 1. The summed E-state index contributed by atoms with van der Waals surface area (Å²) >= 11 is 13.1. The molecule has 0 spiro atoms. The molecule has 0 radical (unpaired) electrons. The molecule has 1 heterocycles. The van der Waals surface area contributed by atoms with Crippen LogP contribution in [0.2, 0.25) is 5.28 Å². The van der Waals surface area contributed by atoms with E-state index in [4.69, 9.17) is 11.6 Å². The Morgan fingerprint density at radius 3 is 2.44 bits per heavy atom. The van der Waals surface area contributed by atoms with Crippen molar-refractivity contribution in [2.24, 2.45) is 0 Å². The summed E-state index contributed by atoms with van der Waals surface area (Å²) in [7, 11) is 0. The van der Waals surface area contributed by atoms with Gasteiger partial charge in [0.1, 0.15) is 5.82 Å². The second kappa shape index (κ2) is 4.85. The Bertz CT molecular complexity index is 505. The molecule has 0 bridgehead atoms. The van der Waals surface area contributed by atoms with E-state index < -0.39 is 0 Å². The summed E-state index contributed by atoms with van der Waals surface area (Å²) in [5.41, 5.74) is 0.925. The Balaban J connectivity index is 2.71. The van der Waals surface area contributed by atoms with Crippen molar-refractivity contribution in [2.75, 3.05) is 0 Å². The van der Waals surface area contributed by atoms with Crippen molar-refractivity contribution in [1.29, 1.82) is 0 Å². The van der Waals surface area contributed by atoms with E-state index in [1.807, 2.05) is 29.7 Å². The van der Waals surface area contributed by atoms with Gasteiger partial charge >= 0.3 is 0 Å². The average Bonchev–Trinajstić information content (AvgIpc) is 2.60. The Morgan fingerprint density at radius 1 is 1.25 bits per heavy atom. The van der Waals surface area contributed by atoms with Gasteiger partial charge in [0.15, 0.2) is 0 Å². The van der Waals surface area contributed by atoms with Gasteiger partial charge in [0, 0.05) is 15.4 Å². The highest BCUT2D eigenvalue weighted by Gasteiger charge is 2.15. The van der Waals surface area contributed by atoms with Crippen LogP contribution < -0.4 is 0 Å². The lowest BCUT2D eigenvalue weighted by Gasteiger charge is -2.10. The highest BCUT2D eigenvalue weighted by atomic mass is 79.9. The third-order valence-electron chi connectivity index (χ3n) is 2.17. The van der Waals surface area contributed by atoms with Crippen molar-refractivity contribution in [3.63, 3.8) is 0 Å². The summed E-state index contributed by atoms with van der Waals surface area (Å²) in [6, 6.07) is 5.85. The molecular weight excluding hydrogens is 357 g/mol. The van der Waals surface area contributed by atoms with Crippen LogP contribution >= 0.6 is 43.5 Å². The summed E-state index contributed by atoms with van der Waals surface area (Å²) in [5.74, 6) is 0.831. The van der Waals surface area contributed by atoms with Gasteiger partial charge in [0.25, 0.3) is 0 Å². The van der Waals surface area contributed by atoms with Crippen LogP contribution in [0.5, 0.6) is 0 Å². The second-order valence-corrected chi connectivity index (χ2v) is 5.19. The maximum Gasteiger partial charge on any atom is 0.229 e. The summed E-state index contributed by atoms with van der Waals surface area (Å²) < 4.78 is 3.71. The average molecular weight is 365 g/mol. The van der Waals surface area contributed by atoms with E-state index in [0.717, 1.165) is 26.9 Å². The highest BCUT2D eigenvalue weighted by molar-refractivity contribution is 9.11. The zero-order valence-electron chi connectivity index (χ0n) is 8.41. The number of hydrogen-bond donors (Lipinski definition) is 0. The monoisotopic (exact) mass is 363 g/mol. The van der Waals surface area contributed by atoms with Crippen LogP contribution in [0.1, 0.15) is 12.7 Å². The Kier molecular flexibility index (Phi) is 3.66. The summed E-state index contributed by atoms with van der Waals surface area (Å²) in [6.07, 6.45) is 0.771. The van der Waals surface area contributed by atoms with E-state index in [0.29, 0.717) is 5.28 Å². The number of aromatic nitrogens is 3. The minimum absolute atomic E-state index is 0.365. The fraction of sp³-hybridized carbons (Fsp3) is 0.200. The van der Waals surface area contributed by atoms with E-state index in [-0.39, 0.29) is 0 Å². The standard InChI is InChI=1S/C10H8Br2ClN3/c1-2-8-14-15-10(13)16(8)9-6(11)4-3-5-7(9)12/h3-5H,2H2,1H3. The Hall–Kier alpha value is -0.390. The van der Waals surface area contributed by atoms with Gasteiger partial charge in [-0.1, -0.05) is 13.0 Å². The molecule has 0 atom stereocenters. The topological polar surface area (TPSA) is 30.7 Å². The first-order valence-electron chi connectivity index (χ1n) is 4.69. The molecule has 2 rings (SSSR count). The maximum absolute atomic E-state index is 6.05. The molecule has 0 unspecified atom stereocenters. The van der Waals surface area contributed by atoms with Gasteiger partial charge in [-0.15, -0.1) is 10.2 Å². The Labute approximate surface area is 115 Å². The lowest BCUT2D eigenvalue weighted by Crippen LogP contribution is -2.02. The SMILES string of the molecule is CCc1nnc(Cl)n1-c1c(Br)cccc1Br. The minimum Gasteiger partial charge on any atom is -0.267 e. The van der Waals surface area contributed by atoms with Crippen molar-refractivity contribution in [3.05, 3.63) is 38.3 Å². The first-order valence-corrected chi connectivity index (χ1v) is 6.65. The molecule has 0 saturated heterocycles. The van der Waals surface area contributed by atoms with Crippen molar-refractivity contribution in [3.8, 4) is 5.69 Å². The van der Waals surface area contributed by atoms with Crippen molar-refractivity contribution in [1.82, 2.24) is 14.8 Å². The van der Waals surface area contributed by atoms with Gasteiger partial charge < -0.3 is 0 Å². The fourth-order valence-corrected chi connectivity index (χ4v) is 3.02. The van der Waals surface area contributed by atoms with Gasteiger partial charge in [-0.25, -0.2) is 0 Å². The molecule has 0 fully saturated rings. The molecule has 3 nitrogen and oxygen atoms in total. The number of benzene rings is 1. The van der Waals surface area contributed by atoms with Gasteiger partial charge in [-0.2, -0.15) is 0 Å². The number of aryl methyl sites for hydroxylation is 1. The third kappa shape index (κ3) is 2.04. The molecular formula is C10H8Br2ClN3. The van der Waals surface area contributed by atoms with Crippen molar-refractivity contribution >= 4 is 43.5 Å². The predicted molar refractivity (Wildman–Crippen MR) is 71.1 cm³/mol. The first kappa shape index (κ1) is 12.1. The first-order chi connectivity index (χ1) is 7.65. The molecule has 0 aliphatic rings. The van der Waals surface area contributed by atoms with Crippen LogP contribution in [0, 0.1) is 0 Å². The lowest BCUT2D eigenvalue weighted by atomic mass is 10.3. The molecule has 0 saturated carbocycles. The molecule has 2 aromatic rings. The van der Waals surface area contributed by atoms with Crippen LogP contribution in [0.25, 0.3) is 5.69 Å². The molecule has 6 heteroatoms. The highest BCUT2D eigenvalue weighted by Crippen LogP contribution is 2.31. The van der Waals surface area contributed by atoms with Crippen LogP contribution in [-0.2, 0) is 6.42 Å². The number of halogens is 3. The molecule has 0 amide bonds. The third-order valence-corrected chi connectivity index (χ3v) is 3.69. The van der Waals surface area contributed by atoms with E-state index in [2.05, 4.69) is 42.1 Å². The zero-order chi connectivity index (χ0) is 11.7. The molecule has 84 valence electrons. The smallest absolute Gasteiger partial charge is 0.229 e. The van der Waals surface area contributed by atoms with Gasteiger partial charge in [-0.3, -0.25) is 4.57 Å². The Morgan fingerprint density at radius 2 is 1.88 bits per heavy atom. The number of rotatable bonds is 2. The van der Waals surface area contributed by atoms with Crippen LogP contribution in [0.4, 0.5) is 0 Å². The summed E-state index contributed by atoms with van der Waals surface area (Å²) in [5, 5.41) is 8.28. The predicted octanol–water partition coefficient (Wildman–Crippen LogP) is 4.01. The van der Waals surface area contributed by atoms with Gasteiger partial charge in [0.2, 0.25) is 5.28 Å². The van der Waals surface area contributed by atoms with Crippen molar-refractivity contribution in [2.45, 2.75) is 13.3 Å². The second-order valence-electron chi connectivity index (χ2n) is 3.14. The quantitative estimate of drug-likeness (QED) is 0.805. The number of hydrogen-bond acceptors (Lipinski definition) is 2. The largest absolute Gasteiger partial charge is 0.267 e. The maximum atomic E-state index is 6.05. The molecule has 16 heavy (non-hydrogen) atoms. The molecule has 1 aromatic carbocycles. The van der Waals surface area contributed by atoms with Crippen molar-refractivity contribution < 1.29 is 0 Å². The summed E-state index contributed by atoms with van der Waals surface area (Å²) in [4.78, 5) is 0. The fourth-order valence-electron chi connectivity index (χ4n) is 1.45. The van der Waals surface area contributed by atoms with E-state index in [1.165, 1.54) is 0 Å². The van der Waals surface area contributed by atoms with E-state index in [1.54, 1.807) is 0 Å². The number of nitrogens with zero attached hydrogens (tertiary/aromatic N) is 3. The van der Waals surface area contributed by atoms with E-state index >= 15 is 0 Å². The van der Waals surface area contributed by atoms with Crippen LogP contribution in [0.15, 0.2) is 27.1 Å². The molecule has 1 aromatic heterocycles.